The molecular weight excluding hydrogens is 220 g/mol. The maximum Gasteiger partial charge on any atom is 0.336 e. The van der Waals surface area contributed by atoms with Crippen LogP contribution in [0.5, 0.6) is 0 Å². The number of Topliss-reactive ketones (excluding diaryl/α,β-unsaturated/α-hetero) is 1. The number of aliphatic carboxylic acids is 1. The number of benzene rings is 1. The second-order valence-corrected chi connectivity index (χ2v) is 4.04. The molecule has 1 aromatic rings. The molecule has 0 spiro atoms. The van der Waals surface area contributed by atoms with E-state index in [1.54, 1.807) is 37.3 Å². The number of carbonyl (C=O) groups excluding carboxylic acids is 1. The van der Waals surface area contributed by atoms with Crippen molar-refractivity contribution in [3.05, 3.63) is 35.9 Å². The van der Waals surface area contributed by atoms with Crippen molar-refractivity contribution >= 4 is 11.8 Å². The van der Waals surface area contributed by atoms with Crippen LogP contribution < -0.4 is 0 Å². The zero-order valence-corrected chi connectivity index (χ0v) is 9.88. The molecule has 0 saturated carbocycles. The van der Waals surface area contributed by atoms with E-state index < -0.39 is 17.5 Å². The molecule has 17 heavy (non-hydrogen) atoms. The van der Waals surface area contributed by atoms with E-state index in [1.165, 1.54) is 6.92 Å². The van der Waals surface area contributed by atoms with E-state index in [-0.39, 0.29) is 12.2 Å². The predicted molar refractivity (Wildman–Crippen MR) is 62.7 cm³/mol. The molecule has 0 heterocycles. The summed E-state index contributed by atoms with van der Waals surface area (Å²) in [5, 5.41) is 19.3. The maximum absolute atomic E-state index is 11.6. The summed E-state index contributed by atoms with van der Waals surface area (Å²) in [5.74, 6) is -2.77. The first-order valence-corrected chi connectivity index (χ1v) is 5.44. The van der Waals surface area contributed by atoms with Crippen molar-refractivity contribution < 1.29 is 19.8 Å². The molecule has 0 fully saturated rings. The Morgan fingerprint density at radius 3 is 2.18 bits per heavy atom. The smallest absolute Gasteiger partial charge is 0.336 e. The highest BCUT2D eigenvalue weighted by atomic mass is 16.4. The first-order valence-electron chi connectivity index (χ1n) is 5.44. The van der Waals surface area contributed by atoms with Gasteiger partial charge < -0.3 is 10.2 Å². The van der Waals surface area contributed by atoms with Gasteiger partial charge in [0.05, 0.1) is 5.92 Å². The molecule has 1 aromatic carbocycles. The average molecular weight is 236 g/mol. The van der Waals surface area contributed by atoms with Crippen molar-refractivity contribution in [2.75, 3.05) is 0 Å². The topological polar surface area (TPSA) is 74.6 Å². The van der Waals surface area contributed by atoms with Crippen LogP contribution in [0.15, 0.2) is 30.3 Å². The number of carboxylic acids is 1. The number of ketones is 1. The molecule has 92 valence electrons. The van der Waals surface area contributed by atoms with Crippen molar-refractivity contribution in [2.24, 2.45) is 0 Å². The lowest BCUT2D eigenvalue weighted by Crippen LogP contribution is -2.46. The summed E-state index contributed by atoms with van der Waals surface area (Å²) < 4.78 is 0. The molecule has 0 saturated heterocycles. The summed E-state index contributed by atoms with van der Waals surface area (Å²) in [6.07, 6.45) is -0.0263. The Kier molecular flexibility index (Phi) is 4.02. The molecule has 4 heteroatoms. The first-order chi connectivity index (χ1) is 7.93. The highest BCUT2D eigenvalue weighted by Gasteiger charge is 2.45. The number of aliphatic hydroxyl groups is 1. The first kappa shape index (κ1) is 13.4. The highest BCUT2D eigenvalue weighted by Crippen LogP contribution is 2.32. The van der Waals surface area contributed by atoms with E-state index in [1.807, 2.05) is 0 Å². The van der Waals surface area contributed by atoms with E-state index in [0.717, 1.165) is 0 Å². The number of hydrogen-bond acceptors (Lipinski definition) is 3. The summed E-state index contributed by atoms with van der Waals surface area (Å²) in [4.78, 5) is 22.8. The monoisotopic (exact) mass is 236 g/mol. The van der Waals surface area contributed by atoms with Crippen molar-refractivity contribution in [3.63, 3.8) is 0 Å². The number of hydrogen-bond donors (Lipinski definition) is 2. The van der Waals surface area contributed by atoms with Crippen LogP contribution >= 0.6 is 0 Å². The Hall–Kier alpha value is -1.68. The van der Waals surface area contributed by atoms with Crippen LogP contribution in [0.25, 0.3) is 0 Å². The van der Waals surface area contributed by atoms with E-state index in [9.17, 15) is 14.7 Å². The van der Waals surface area contributed by atoms with Gasteiger partial charge >= 0.3 is 5.97 Å². The molecule has 2 unspecified atom stereocenters. The molecule has 0 bridgehead atoms. The molecule has 2 N–H and O–H groups in total. The minimum atomic E-state index is -2.05. The predicted octanol–water partition coefficient (Wildman–Crippen LogP) is 1.58. The Balaban J connectivity index is 3.27. The van der Waals surface area contributed by atoms with Crippen molar-refractivity contribution in [1.82, 2.24) is 0 Å². The lowest BCUT2D eigenvalue weighted by molar-refractivity contribution is -0.164. The van der Waals surface area contributed by atoms with Gasteiger partial charge in [-0.05, 0) is 18.9 Å². The molecule has 1 rings (SSSR count). The summed E-state index contributed by atoms with van der Waals surface area (Å²) in [7, 11) is 0. The number of carbonyl (C=O) groups is 2. The minimum absolute atomic E-state index is 0.0263. The second kappa shape index (κ2) is 5.10. The van der Waals surface area contributed by atoms with Gasteiger partial charge in [-0.1, -0.05) is 37.3 Å². The summed E-state index contributed by atoms with van der Waals surface area (Å²) in [5.41, 5.74) is -1.53. The third-order valence-electron chi connectivity index (χ3n) is 2.93. The molecule has 0 aliphatic heterocycles. The van der Waals surface area contributed by atoms with Gasteiger partial charge in [0, 0.05) is 0 Å². The summed E-state index contributed by atoms with van der Waals surface area (Å²) in [6, 6.07) is 8.49. The van der Waals surface area contributed by atoms with Gasteiger partial charge in [-0.25, -0.2) is 4.79 Å². The molecule has 0 aliphatic carbocycles. The van der Waals surface area contributed by atoms with Crippen LogP contribution in [0.4, 0.5) is 0 Å². The maximum atomic E-state index is 11.6. The van der Waals surface area contributed by atoms with Gasteiger partial charge in [0.15, 0.2) is 5.60 Å². The molecule has 4 nitrogen and oxygen atoms in total. The number of carboxylic acid groups (broad SMARTS) is 1. The van der Waals surface area contributed by atoms with E-state index >= 15 is 0 Å². The summed E-state index contributed by atoms with van der Waals surface area (Å²) >= 11 is 0. The van der Waals surface area contributed by atoms with Crippen molar-refractivity contribution in [2.45, 2.75) is 31.8 Å². The molecule has 0 radical (unpaired) electrons. The zero-order valence-electron chi connectivity index (χ0n) is 9.88. The van der Waals surface area contributed by atoms with Crippen LogP contribution in [0.3, 0.4) is 0 Å². The van der Waals surface area contributed by atoms with Crippen LogP contribution in [-0.4, -0.2) is 27.6 Å². The van der Waals surface area contributed by atoms with E-state index in [2.05, 4.69) is 0 Å². The van der Waals surface area contributed by atoms with Crippen LogP contribution in [-0.2, 0) is 9.59 Å². The minimum Gasteiger partial charge on any atom is -0.479 e. The fraction of sp³-hybridized carbons (Fsp3) is 0.385. The fourth-order valence-electron chi connectivity index (χ4n) is 1.97. The van der Waals surface area contributed by atoms with Gasteiger partial charge in [-0.15, -0.1) is 0 Å². The molecule has 2 atom stereocenters. The van der Waals surface area contributed by atoms with Gasteiger partial charge in [-0.2, -0.15) is 0 Å². The molecule has 0 aliphatic rings. The average Bonchev–Trinajstić information content (AvgIpc) is 2.29. The summed E-state index contributed by atoms with van der Waals surface area (Å²) in [6.45, 7) is 2.84. The van der Waals surface area contributed by atoms with Gasteiger partial charge in [0.25, 0.3) is 0 Å². The van der Waals surface area contributed by atoms with E-state index in [4.69, 9.17) is 5.11 Å². The quantitative estimate of drug-likeness (QED) is 0.814. The SMILES string of the molecule is CCC(O)(C(=O)O)C(C(C)=O)c1ccccc1. The van der Waals surface area contributed by atoms with Gasteiger partial charge in [0.2, 0.25) is 0 Å². The van der Waals surface area contributed by atoms with Crippen LogP contribution in [0.1, 0.15) is 31.7 Å². The lowest BCUT2D eigenvalue weighted by atomic mass is 9.78. The van der Waals surface area contributed by atoms with Crippen LogP contribution in [0.2, 0.25) is 0 Å². The lowest BCUT2D eigenvalue weighted by Gasteiger charge is -2.30. The normalized spacial score (nSPS) is 15.9. The molecule has 0 amide bonds. The van der Waals surface area contributed by atoms with Gasteiger partial charge in [0.1, 0.15) is 5.78 Å². The molecular formula is C13H16O4. The standard InChI is InChI=1S/C13H16O4/c1-3-13(17,12(15)16)11(9(2)14)10-7-5-4-6-8-10/h4-8,11,17H,3H2,1-2H3,(H,15,16). The van der Waals surface area contributed by atoms with Gasteiger partial charge in [-0.3, -0.25) is 4.79 Å². The third kappa shape index (κ3) is 2.53. The van der Waals surface area contributed by atoms with Crippen molar-refractivity contribution in [3.8, 4) is 0 Å². The Labute approximate surface area is 99.9 Å². The Bertz CT molecular complexity index is 413. The van der Waals surface area contributed by atoms with Crippen molar-refractivity contribution in [1.29, 1.82) is 0 Å². The Morgan fingerprint density at radius 2 is 1.82 bits per heavy atom. The molecule has 0 aromatic heterocycles. The van der Waals surface area contributed by atoms with E-state index in [0.29, 0.717) is 5.56 Å². The Morgan fingerprint density at radius 1 is 1.29 bits per heavy atom. The highest BCUT2D eigenvalue weighted by molar-refractivity contribution is 5.92. The third-order valence-corrected chi connectivity index (χ3v) is 2.93. The number of rotatable bonds is 5. The zero-order chi connectivity index (χ0) is 13.1. The fourth-order valence-corrected chi connectivity index (χ4v) is 1.97. The largest absolute Gasteiger partial charge is 0.479 e. The van der Waals surface area contributed by atoms with Crippen LogP contribution in [0, 0.1) is 0 Å². The second-order valence-electron chi connectivity index (χ2n) is 4.04.